The smallest absolute Gasteiger partial charge is 0.180 e. The maximum Gasteiger partial charge on any atom is 0.180 e. The molecular weight excluding hydrogens is 202 g/mol. The molecule has 0 heterocycles. The second-order valence-corrected chi connectivity index (χ2v) is 4.07. The molecule has 0 aromatic heterocycles. The minimum Gasteiger partial charge on any atom is -0.496 e. The molecule has 1 aromatic carbocycles. The van der Waals surface area contributed by atoms with Crippen LogP contribution in [-0.2, 0) is 0 Å². The van der Waals surface area contributed by atoms with Crippen molar-refractivity contribution in [3.05, 3.63) is 29.3 Å². The van der Waals surface area contributed by atoms with Gasteiger partial charge in [-0.3, -0.25) is 4.79 Å². The van der Waals surface area contributed by atoms with Crippen LogP contribution in [0.15, 0.2) is 18.2 Å². The van der Waals surface area contributed by atoms with E-state index in [1.54, 1.807) is 14.2 Å². The summed E-state index contributed by atoms with van der Waals surface area (Å²) in [6.07, 6.45) is 0. The second-order valence-electron chi connectivity index (χ2n) is 4.07. The number of ether oxygens (including phenoxy) is 1. The van der Waals surface area contributed by atoms with Crippen molar-refractivity contribution in [2.45, 2.75) is 19.8 Å². The standard InChI is InChI=1S/C13H19NO2/c1-9(2)10-5-6-13(16-4)11(7-10)12(15)8-14-3/h5-7,9,14H,8H2,1-4H3. The summed E-state index contributed by atoms with van der Waals surface area (Å²) in [5.74, 6) is 1.11. The highest BCUT2D eigenvalue weighted by molar-refractivity contribution is 6.00. The molecule has 0 spiro atoms. The predicted molar refractivity (Wildman–Crippen MR) is 65.3 cm³/mol. The Labute approximate surface area is 96.8 Å². The van der Waals surface area contributed by atoms with Crippen molar-refractivity contribution in [3.63, 3.8) is 0 Å². The van der Waals surface area contributed by atoms with E-state index in [-0.39, 0.29) is 5.78 Å². The van der Waals surface area contributed by atoms with Gasteiger partial charge < -0.3 is 10.1 Å². The molecule has 88 valence electrons. The fraction of sp³-hybridized carbons (Fsp3) is 0.462. The molecule has 0 radical (unpaired) electrons. The number of carbonyl (C=O) groups excluding carboxylic acids is 1. The van der Waals surface area contributed by atoms with E-state index in [2.05, 4.69) is 19.2 Å². The molecule has 3 nitrogen and oxygen atoms in total. The number of benzene rings is 1. The van der Waals surface area contributed by atoms with Gasteiger partial charge in [-0.1, -0.05) is 19.9 Å². The van der Waals surface area contributed by atoms with E-state index in [1.807, 2.05) is 18.2 Å². The Morgan fingerprint density at radius 2 is 2.12 bits per heavy atom. The number of likely N-dealkylation sites (N-methyl/N-ethyl adjacent to an activating group) is 1. The fourth-order valence-electron chi connectivity index (χ4n) is 1.56. The van der Waals surface area contributed by atoms with Gasteiger partial charge in [0.1, 0.15) is 5.75 Å². The third-order valence-electron chi connectivity index (χ3n) is 2.53. The number of hydrogen-bond donors (Lipinski definition) is 1. The van der Waals surface area contributed by atoms with Crippen molar-refractivity contribution in [1.29, 1.82) is 0 Å². The van der Waals surface area contributed by atoms with E-state index in [4.69, 9.17) is 4.74 Å². The predicted octanol–water partition coefficient (Wildman–Crippen LogP) is 2.22. The van der Waals surface area contributed by atoms with Crippen LogP contribution in [-0.4, -0.2) is 26.5 Å². The average molecular weight is 221 g/mol. The first-order valence-electron chi connectivity index (χ1n) is 5.46. The number of methoxy groups -OCH3 is 1. The minimum atomic E-state index is 0.0573. The van der Waals surface area contributed by atoms with E-state index in [0.717, 1.165) is 5.56 Å². The summed E-state index contributed by atoms with van der Waals surface area (Å²) in [6, 6.07) is 5.78. The zero-order chi connectivity index (χ0) is 12.1. The van der Waals surface area contributed by atoms with Crippen LogP contribution in [0.1, 0.15) is 35.7 Å². The molecule has 0 aliphatic rings. The highest BCUT2D eigenvalue weighted by Gasteiger charge is 2.13. The van der Waals surface area contributed by atoms with E-state index in [0.29, 0.717) is 23.8 Å². The van der Waals surface area contributed by atoms with Crippen molar-refractivity contribution >= 4 is 5.78 Å². The maximum atomic E-state index is 11.9. The summed E-state index contributed by atoms with van der Waals surface area (Å²) in [4.78, 5) is 11.9. The molecule has 0 aliphatic carbocycles. The van der Waals surface area contributed by atoms with Gasteiger partial charge in [-0.15, -0.1) is 0 Å². The lowest BCUT2D eigenvalue weighted by atomic mass is 9.98. The Balaban J connectivity index is 3.11. The van der Waals surface area contributed by atoms with Crippen molar-refractivity contribution < 1.29 is 9.53 Å². The Hall–Kier alpha value is -1.35. The summed E-state index contributed by atoms with van der Waals surface area (Å²) in [6.45, 7) is 4.54. The van der Waals surface area contributed by atoms with E-state index in [9.17, 15) is 4.79 Å². The highest BCUT2D eigenvalue weighted by Crippen LogP contribution is 2.24. The number of hydrogen-bond acceptors (Lipinski definition) is 3. The molecule has 0 unspecified atom stereocenters. The number of ketones is 1. The number of carbonyl (C=O) groups is 1. The van der Waals surface area contributed by atoms with Crippen molar-refractivity contribution in [2.75, 3.05) is 20.7 Å². The van der Waals surface area contributed by atoms with Crippen LogP contribution in [0, 0.1) is 0 Å². The van der Waals surface area contributed by atoms with Crippen molar-refractivity contribution in [3.8, 4) is 5.75 Å². The molecule has 1 rings (SSSR count). The second kappa shape index (κ2) is 5.66. The lowest BCUT2D eigenvalue weighted by Crippen LogP contribution is -2.19. The topological polar surface area (TPSA) is 38.3 Å². The van der Waals surface area contributed by atoms with E-state index < -0.39 is 0 Å². The van der Waals surface area contributed by atoms with Gasteiger partial charge in [0.15, 0.2) is 5.78 Å². The third kappa shape index (κ3) is 2.83. The van der Waals surface area contributed by atoms with Gasteiger partial charge in [-0.05, 0) is 30.7 Å². The molecule has 0 aliphatic heterocycles. The molecular formula is C13H19NO2. The third-order valence-corrected chi connectivity index (χ3v) is 2.53. The molecule has 3 heteroatoms. The van der Waals surface area contributed by atoms with Crippen LogP contribution in [0.4, 0.5) is 0 Å². The molecule has 0 amide bonds. The van der Waals surface area contributed by atoms with Crippen molar-refractivity contribution in [1.82, 2.24) is 5.32 Å². The Kier molecular flexibility index (Phi) is 4.50. The van der Waals surface area contributed by atoms with Gasteiger partial charge in [-0.2, -0.15) is 0 Å². The van der Waals surface area contributed by atoms with Gasteiger partial charge in [0, 0.05) is 0 Å². The van der Waals surface area contributed by atoms with Crippen LogP contribution in [0.2, 0.25) is 0 Å². The molecule has 0 bridgehead atoms. The number of nitrogens with one attached hydrogen (secondary N) is 1. The fourth-order valence-corrected chi connectivity index (χ4v) is 1.56. The Morgan fingerprint density at radius 3 is 2.62 bits per heavy atom. The van der Waals surface area contributed by atoms with E-state index >= 15 is 0 Å². The quantitative estimate of drug-likeness (QED) is 0.775. The SMILES string of the molecule is CNCC(=O)c1cc(C(C)C)ccc1OC. The number of Topliss-reactive ketones (excluding diaryl/α,β-unsaturated/α-hetero) is 1. The first-order valence-corrected chi connectivity index (χ1v) is 5.46. The van der Waals surface area contributed by atoms with E-state index in [1.165, 1.54) is 0 Å². The molecule has 0 saturated heterocycles. The summed E-state index contributed by atoms with van der Waals surface area (Å²) < 4.78 is 5.20. The normalized spacial score (nSPS) is 10.6. The van der Waals surface area contributed by atoms with Gasteiger partial charge in [-0.25, -0.2) is 0 Å². The first kappa shape index (κ1) is 12.7. The van der Waals surface area contributed by atoms with Gasteiger partial charge in [0.25, 0.3) is 0 Å². The lowest BCUT2D eigenvalue weighted by Gasteiger charge is -2.11. The Morgan fingerprint density at radius 1 is 1.44 bits per heavy atom. The van der Waals surface area contributed by atoms with Crippen LogP contribution in [0.3, 0.4) is 0 Å². The maximum absolute atomic E-state index is 11.9. The lowest BCUT2D eigenvalue weighted by molar-refractivity contribution is 0.0990. The van der Waals surface area contributed by atoms with Crippen LogP contribution in [0.5, 0.6) is 5.75 Å². The summed E-state index contributed by atoms with van der Waals surface area (Å²) in [5.41, 5.74) is 1.81. The molecule has 0 fully saturated rings. The zero-order valence-corrected chi connectivity index (χ0v) is 10.3. The molecule has 0 saturated carbocycles. The minimum absolute atomic E-state index is 0.0573. The van der Waals surface area contributed by atoms with Gasteiger partial charge in [0.05, 0.1) is 19.2 Å². The summed E-state index contributed by atoms with van der Waals surface area (Å²) in [5, 5.41) is 2.86. The monoisotopic (exact) mass is 221 g/mol. The van der Waals surface area contributed by atoms with Gasteiger partial charge in [0.2, 0.25) is 0 Å². The highest BCUT2D eigenvalue weighted by atomic mass is 16.5. The number of rotatable bonds is 5. The van der Waals surface area contributed by atoms with Crippen LogP contribution < -0.4 is 10.1 Å². The van der Waals surface area contributed by atoms with Crippen LogP contribution >= 0.6 is 0 Å². The average Bonchev–Trinajstić information content (AvgIpc) is 2.28. The first-order chi connectivity index (χ1) is 7.60. The summed E-state index contributed by atoms with van der Waals surface area (Å²) in [7, 11) is 3.34. The summed E-state index contributed by atoms with van der Waals surface area (Å²) >= 11 is 0. The molecule has 1 N–H and O–H groups in total. The molecule has 16 heavy (non-hydrogen) atoms. The zero-order valence-electron chi connectivity index (χ0n) is 10.3. The molecule has 0 atom stereocenters. The molecule has 1 aromatic rings. The Bertz CT molecular complexity index is 372. The largest absolute Gasteiger partial charge is 0.496 e. The van der Waals surface area contributed by atoms with Crippen LogP contribution in [0.25, 0.3) is 0 Å². The van der Waals surface area contributed by atoms with Gasteiger partial charge >= 0.3 is 0 Å². The van der Waals surface area contributed by atoms with Crippen molar-refractivity contribution in [2.24, 2.45) is 0 Å².